The number of pyridine rings is 1. The van der Waals surface area contributed by atoms with Crippen LogP contribution in [0.15, 0.2) is 71.3 Å². The molecule has 1 aliphatic heterocycles. The van der Waals surface area contributed by atoms with E-state index in [-0.39, 0.29) is 11.5 Å². The normalized spacial score (nSPS) is 15.8. The summed E-state index contributed by atoms with van der Waals surface area (Å²) in [6, 6.07) is 18.6. The van der Waals surface area contributed by atoms with Crippen molar-refractivity contribution < 1.29 is 14.7 Å². The molecular formula is C23H20BrN3O3. The molecule has 1 aliphatic rings. The van der Waals surface area contributed by atoms with E-state index in [1.807, 2.05) is 23.1 Å². The van der Waals surface area contributed by atoms with Gasteiger partial charge in [-0.2, -0.15) is 0 Å². The number of carboxylic acids is 1. The Balaban J connectivity index is 1.53. The molecule has 0 saturated carbocycles. The number of rotatable bonds is 5. The second-order valence-corrected chi connectivity index (χ2v) is 8.12. The molecule has 0 bridgehead atoms. The van der Waals surface area contributed by atoms with Crippen LogP contribution in [0, 0.1) is 0 Å². The van der Waals surface area contributed by atoms with Crippen LogP contribution in [0.3, 0.4) is 0 Å². The first-order valence-corrected chi connectivity index (χ1v) is 10.4. The number of hydrogen-bond acceptors (Lipinski definition) is 4. The highest BCUT2D eigenvalue weighted by molar-refractivity contribution is 9.10. The third-order valence-corrected chi connectivity index (χ3v) is 5.75. The van der Waals surface area contributed by atoms with Crippen molar-refractivity contribution in [2.75, 3.05) is 23.3 Å². The van der Waals surface area contributed by atoms with Crippen LogP contribution in [-0.4, -0.2) is 35.1 Å². The molecule has 0 spiro atoms. The summed E-state index contributed by atoms with van der Waals surface area (Å²) in [6.07, 6.45) is 2.45. The zero-order chi connectivity index (χ0) is 21.1. The summed E-state index contributed by atoms with van der Waals surface area (Å²) < 4.78 is 0.873. The van der Waals surface area contributed by atoms with Gasteiger partial charge in [0, 0.05) is 29.0 Å². The monoisotopic (exact) mass is 465 g/mol. The summed E-state index contributed by atoms with van der Waals surface area (Å²) in [5.41, 5.74) is 2.15. The fourth-order valence-electron chi connectivity index (χ4n) is 3.69. The van der Waals surface area contributed by atoms with E-state index >= 15 is 0 Å². The van der Waals surface area contributed by atoms with Crippen molar-refractivity contribution in [2.24, 2.45) is 0 Å². The maximum Gasteiger partial charge on any atom is 0.339 e. The topological polar surface area (TPSA) is 82.5 Å². The van der Waals surface area contributed by atoms with Crippen molar-refractivity contribution in [2.45, 2.75) is 12.3 Å². The zero-order valence-corrected chi connectivity index (χ0v) is 17.7. The van der Waals surface area contributed by atoms with E-state index in [0.29, 0.717) is 29.5 Å². The van der Waals surface area contributed by atoms with E-state index in [1.165, 1.54) is 17.8 Å². The molecule has 1 amide bonds. The Morgan fingerprint density at radius 1 is 1.10 bits per heavy atom. The number of carbonyl (C=O) groups excluding carboxylic acids is 1. The van der Waals surface area contributed by atoms with E-state index < -0.39 is 5.97 Å². The number of carbonyl (C=O) groups is 2. The van der Waals surface area contributed by atoms with Crippen LogP contribution < -0.4 is 10.2 Å². The van der Waals surface area contributed by atoms with Gasteiger partial charge in [0.1, 0.15) is 11.4 Å². The van der Waals surface area contributed by atoms with Crippen molar-refractivity contribution in [3.05, 3.63) is 88.0 Å². The summed E-state index contributed by atoms with van der Waals surface area (Å²) in [5.74, 6) is -0.617. The number of benzene rings is 2. The Bertz CT molecular complexity index is 1070. The Hall–Kier alpha value is -3.19. The lowest BCUT2D eigenvalue weighted by molar-refractivity contribution is 0.0697. The van der Waals surface area contributed by atoms with Crippen molar-refractivity contribution >= 4 is 39.3 Å². The Morgan fingerprint density at radius 2 is 1.83 bits per heavy atom. The number of carboxylic acid groups (broad SMARTS) is 1. The highest BCUT2D eigenvalue weighted by Gasteiger charge is 2.28. The van der Waals surface area contributed by atoms with E-state index in [2.05, 4.69) is 38.4 Å². The Labute approximate surface area is 182 Å². The van der Waals surface area contributed by atoms with Gasteiger partial charge in [-0.15, -0.1) is 0 Å². The summed E-state index contributed by atoms with van der Waals surface area (Å²) >= 11 is 3.33. The smallest absolute Gasteiger partial charge is 0.339 e. The van der Waals surface area contributed by atoms with Gasteiger partial charge >= 0.3 is 5.97 Å². The number of nitrogens with zero attached hydrogens (tertiary/aromatic N) is 2. The maximum absolute atomic E-state index is 12.4. The lowest BCUT2D eigenvalue weighted by Gasteiger charge is -2.20. The molecule has 1 atom stereocenters. The number of halogens is 1. The van der Waals surface area contributed by atoms with Gasteiger partial charge in [-0.1, -0.05) is 46.3 Å². The van der Waals surface area contributed by atoms with Gasteiger partial charge in [0.2, 0.25) is 0 Å². The molecule has 2 N–H and O–H groups in total. The number of nitrogens with one attached hydrogen (secondary N) is 1. The predicted octanol–water partition coefficient (Wildman–Crippen LogP) is 4.79. The number of hydrogen-bond donors (Lipinski definition) is 2. The molecule has 3 aromatic rings. The molecule has 0 aliphatic carbocycles. The Morgan fingerprint density at radius 3 is 2.53 bits per heavy atom. The van der Waals surface area contributed by atoms with Crippen molar-refractivity contribution in [1.82, 2.24) is 4.98 Å². The van der Waals surface area contributed by atoms with Gasteiger partial charge in [0.15, 0.2) is 0 Å². The molecular weight excluding hydrogens is 446 g/mol. The average Bonchev–Trinajstić information content (AvgIpc) is 3.25. The largest absolute Gasteiger partial charge is 0.478 e. The molecule has 6 nitrogen and oxygen atoms in total. The van der Waals surface area contributed by atoms with Crippen LogP contribution in [0.1, 0.15) is 38.6 Å². The molecule has 4 rings (SSSR count). The summed E-state index contributed by atoms with van der Waals surface area (Å²) in [6.45, 7) is 1.44. The molecule has 1 saturated heterocycles. The molecule has 7 heteroatoms. The standard InChI is InChI=1S/C23H20BrN3O3/c24-18-8-6-16(7-9-18)22(28)26-19-12-20(23(29)30)21(25-13-19)27-11-10-17(14-27)15-4-2-1-3-5-15/h1-9,12-13,17H,10-11,14H2,(H,26,28)(H,29,30)/t17-/m1/s1. The highest BCUT2D eigenvalue weighted by Crippen LogP contribution is 2.32. The lowest BCUT2D eigenvalue weighted by Crippen LogP contribution is -2.23. The number of anilines is 2. The van der Waals surface area contributed by atoms with Crippen molar-refractivity contribution in [3.63, 3.8) is 0 Å². The van der Waals surface area contributed by atoms with Gasteiger partial charge in [0.25, 0.3) is 5.91 Å². The molecule has 30 heavy (non-hydrogen) atoms. The van der Waals surface area contributed by atoms with Crippen molar-refractivity contribution in [3.8, 4) is 0 Å². The van der Waals surface area contributed by atoms with Gasteiger partial charge in [-0.25, -0.2) is 9.78 Å². The second kappa shape index (κ2) is 8.67. The fourth-order valence-corrected chi connectivity index (χ4v) is 3.95. The number of aromatic carboxylic acids is 1. The first-order chi connectivity index (χ1) is 14.5. The van der Waals surface area contributed by atoms with E-state index in [0.717, 1.165) is 17.4 Å². The van der Waals surface area contributed by atoms with E-state index in [4.69, 9.17) is 0 Å². The van der Waals surface area contributed by atoms with E-state index in [9.17, 15) is 14.7 Å². The van der Waals surface area contributed by atoms with Crippen LogP contribution in [0.25, 0.3) is 0 Å². The number of aromatic nitrogens is 1. The van der Waals surface area contributed by atoms with Crippen LogP contribution in [0.4, 0.5) is 11.5 Å². The molecule has 1 aromatic heterocycles. The minimum Gasteiger partial charge on any atom is -0.478 e. The molecule has 0 unspecified atom stereocenters. The van der Waals surface area contributed by atoms with Gasteiger partial charge in [0.05, 0.1) is 11.9 Å². The molecule has 0 radical (unpaired) electrons. The highest BCUT2D eigenvalue weighted by atomic mass is 79.9. The SMILES string of the molecule is O=C(Nc1cnc(N2CC[C@@H](c3ccccc3)C2)c(C(=O)O)c1)c1ccc(Br)cc1. The van der Waals surface area contributed by atoms with Crippen molar-refractivity contribution in [1.29, 1.82) is 0 Å². The maximum atomic E-state index is 12.4. The third-order valence-electron chi connectivity index (χ3n) is 5.22. The quantitative estimate of drug-likeness (QED) is 0.565. The fraction of sp³-hybridized carbons (Fsp3) is 0.174. The first-order valence-electron chi connectivity index (χ1n) is 9.61. The second-order valence-electron chi connectivity index (χ2n) is 7.20. The first kappa shape index (κ1) is 20.1. The van der Waals surface area contributed by atoms with Gasteiger partial charge in [-0.3, -0.25) is 4.79 Å². The summed E-state index contributed by atoms with van der Waals surface area (Å²) in [7, 11) is 0. The van der Waals surface area contributed by atoms with Gasteiger partial charge in [-0.05, 0) is 42.3 Å². The molecule has 2 heterocycles. The third kappa shape index (κ3) is 4.36. The average molecular weight is 466 g/mol. The molecule has 2 aromatic carbocycles. The van der Waals surface area contributed by atoms with Crippen LogP contribution in [0.5, 0.6) is 0 Å². The predicted molar refractivity (Wildman–Crippen MR) is 119 cm³/mol. The molecule has 1 fully saturated rings. The van der Waals surface area contributed by atoms with Crippen LogP contribution >= 0.6 is 15.9 Å². The van der Waals surface area contributed by atoms with Gasteiger partial charge < -0.3 is 15.3 Å². The summed E-state index contributed by atoms with van der Waals surface area (Å²) in [5, 5.41) is 12.5. The zero-order valence-electron chi connectivity index (χ0n) is 16.1. The summed E-state index contributed by atoms with van der Waals surface area (Å²) in [4.78, 5) is 30.7. The number of amides is 1. The molecule has 152 valence electrons. The minimum atomic E-state index is -1.07. The van der Waals surface area contributed by atoms with Crippen LogP contribution in [-0.2, 0) is 0 Å². The van der Waals surface area contributed by atoms with Crippen LogP contribution in [0.2, 0.25) is 0 Å². The van der Waals surface area contributed by atoms with E-state index in [1.54, 1.807) is 24.3 Å². The Kier molecular flexibility index (Phi) is 5.81. The lowest BCUT2D eigenvalue weighted by atomic mass is 9.99. The minimum absolute atomic E-state index is 0.0808.